The second kappa shape index (κ2) is 26.9. The van der Waals surface area contributed by atoms with Crippen molar-refractivity contribution in [1.29, 1.82) is 0 Å². The van der Waals surface area contributed by atoms with Crippen LogP contribution in [0.5, 0.6) is 0 Å². The molecule has 4 heavy (non-hydrogen) atoms. The highest BCUT2D eigenvalue weighted by Gasteiger charge is 0.981. The van der Waals surface area contributed by atoms with Gasteiger partial charge in [0.1, 0.15) is 6.72 Å². The Balaban J connectivity index is 0. The summed E-state index contributed by atoms with van der Waals surface area (Å²) in [5, 5.41) is 9.82. The van der Waals surface area contributed by atoms with Crippen molar-refractivity contribution in [3.63, 3.8) is 0 Å². The van der Waals surface area contributed by atoms with Gasteiger partial charge >= 0.3 is 0 Å². The zero-order chi connectivity index (χ0) is 2.71. The highest BCUT2D eigenvalue weighted by atomic mass is 16.4. The fraction of sp³-hybridized carbons (Fsp3) is 0. The Morgan fingerprint density at radius 2 is 1.75 bits per heavy atom. The lowest BCUT2D eigenvalue weighted by Crippen LogP contribution is -2.56. The summed E-state index contributed by atoms with van der Waals surface area (Å²) in [6.45, 7) is 2.68. The average Bonchev–Trinajstić information content (AvgIpc) is 0.918. The smallest absolute Gasteiger partial charge is 0.136 e. The molecule has 0 amide bonds. The third-order valence-corrected chi connectivity index (χ3v) is 0. The molecule has 23 valence electrons. The fourth-order valence-corrected chi connectivity index (χ4v) is 0. The molecular weight excluding hydrogens is 56.0 g/mol. The number of hydrogen-bond acceptors (Lipinski definition) is 1. The van der Waals surface area contributed by atoms with Crippen LogP contribution in [0.3, 0.4) is 0 Å². The number of hydrogen-bond donors (Lipinski definition) is 1. The second-order valence-corrected chi connectivity index (χ2v) is 0.144. The van der Waals surface area contributed by atoms with Crippen LogP contribution in [0.4, 0.5) is 0 Å². The first kappa shape index (κ1) is 9.90. The molecule has 0 saturated heterocycles. The van der Waals surface area contributed by atoms with Crippen molar-refractivity contribution in [3.05, 3.63) is 5.21 Å². The van der Waals surface area contributed by atoms with E-state index >= 15 is 0 Å². The van der Waals surface area contributed by atoms with Gasteiger partial charge in [0.2, 0.25) is 0 Å². The maximum atomic E-state index is 8.57. The van der Waals surface area contributed by atoms with Crippen LogP contribution in [-0.2, 0) is 0 Å². The monoisotopic (exact) mass is 59.0 g/mol. The van der Waals surface area contributed by atoms with E-state index in [1.165, 1.54) is 5.16 Å². The molecule has 0 aromatic rings. The Morgan fingerprint density at radius 1 is 1.75 bits per heavy atom. The normalized spacial score (nSPS) is 3.00. The molecular formula is CH3N2O. The van der Waals surface area contributed by atoms with Gasteiger partial charge in [0.15, 0.2) is 0 Å². The van der Waals surface area contributed by atoms with Crippen molar-refractivity contribution in [2.45, 2.75) is 0 Å². The summed E-state index contributed by atoms with van der Waals surface area (Å²) in [4.78, 5) is 0. The minimum Gasteiger partial charge on any atom is -0.626 e. The van der Waals surface area contributed by atoms with E-state index in [-0.39, 0.29) is 6.15 Å². The predicted octanol–water partition coefficient (Wildman–Crippen LogP) is -2.22. The Morgan fingerprint density at radius 3 is 1.75 bits per heavy atom. The van der Waals surface area contributed by atoms with Gasteiger partial charge in [-0.3, -0.25) is 0 Å². The first-order valence-corrected chi connectivity index (χ1v) is 0.558. The Hall–Kier alpha value is -0.570. The quantitative estimate of drug-likeness (QED) is 0.192. The number of nitrogens with one attached hydrogen (secondary N) is 1. The van der Waals surface area contributed by atoms with Crippen LogP contribution >= 0.6 is 0 Å². The molecule has 0 aliphatic heterocycles. The van der Waals surface area contributed by atoms with Crippen LogP contribution in [0.1, 0.15) is 0 Å². The lowest BCUT2D eigenvalue weighted by atomic mass is 11.8. The Kier molecular flexibility index (Phi) is 66.5. The molecule has 3 heteroatoms. The standard InChI is InChI=1S/CH3NO.N/c1-2-3;/h2H,1H2;. The van der Waals surface area contributed by atoms with Crippen molar-refractivity contribution >= 4 is 6.72 Å². The molecule has 0 atom stereocenters. The molecule has 0 fully saturated rings. The van der Waals surface area contributed by atoms with Gasteiger partial charge in [-0.05, 0) is 0 Å². The highest BCUT2D eigenvalue weighted by molar-refractivity contribution is 5.12. The molecule has 0 aliphatic rings. The van der Waals surface area contributed by atoms with Gasteiger partial charge in [-0.15, -0.1) is 0 Å². The van der Waals surface area contributed by atoms with Gasteiger partial charge in [-0.2, -0.15) is 0 Å². The molecule has 0 rings (SSSR count). The predicted molar refractivity (Wildman–Crippen MR) is 13.6 cm³/mol. The molecule has 3 nitrogen and oxygen atoms in total. The van der Waals surface area contributed by atoms with Crippen LogP contribution in [-0.4, -0.2) is 6.72 Å². The summed E-state index contributed by atoms with van der Waals surface area (Å²) >= 11 is 0. The summed E-state index contributed by atoms with van der Waals surface area (Å²) in [6, 6.07) is 0. The van der Waals surface area contributed by atoms with Gasteiger partial charge in [0, 0.05) is 6.15 Å². The SMILES string of the molecule is C=[NH+][O-].[N]. The van der Waals surface area contributed by atoms with Gasteiger partial charge < -0.3 is 5.21 Å². The van der Waals surface area contributed by atoms with Gasteiger partial charge in [0.25, 0.3) is 0 Å². The van der Waals surface area contributed by atoms with Crippen molar-refractivity contribution in [3.8, 4) is 0 Å². The molecule has 1 N–H and O–H groups in total. The van der Waals surface area contributed by atoms with Crippen molar-refractivity contribution in [1.82, 2.24) is 6.15 Å². The van der Waals surface area contributed by atoms with E-state index in [4.69, 9.17) is 5.21 Å². The van der Waals surface area contributed by atoms with Gasteiger partial charge in [-0.1, -0.05) is 0 Å². The number of rotatable bonds is 0. The maximum Gasteiger partial charge on any atom is 0.136 e. The van der Waals surface area contributed by atoms with Crippen LogP contribution in [0.25, 0.3) is 0 Å². The van der Waals surface area contributed by atoms with Crippen LogP contribution in [0, 0.1) is 5.21 Å². The second-order valence-electron chi connectivity index (χ2n) is 0.144. The summed E-state index contributed by atoms with van der Waals surface area (Å²) in [6.07, 6.45) is 0. The van der Waals surface area contributed by atoms with E-state index in [0.29, 0.717) is 0 Å². The van der Waals surface area contributed by atoms with E-state index in [1.807, 2.05) is 0 Å². The Bertz CT molecular complexity index is 13.5. The summed E-state index contributed by atoms with van der Waals surface area (Å²) in [5.74, 6) is 0. The molecule has 0 aliphatic carbocycles. The molecule has 3 radical (unpaired) electrons. The molecule has 0 spiro atoms. The third kappa shape index (κ3) is 0.814. The van der Waals surface area contributed by atoms with Crippen molar-refractivity contribution in [2.24, 2.45) is 0 Å². The van der Waals surface area contributed by atoms with E-state index in [2.05, 4.69) is 6.72 Å². The van der Waals surface area contributed by atoms with E-state index in [1.54, 1.807) is 0 Å². The Labute approximate surface area is 24.5 Å². The van der Waals surface area contributed by atoms with Crippen LogP contribution in [0.15, 0.2) is 0 Å². The van der Waals surface area contributed by atoms with Gasteiger partial charge in [0.05, 0.1) is 0 Å². The molecule has 0 aromatic carbocycles. The topological polar surface area (TPSA) is 67.5 Å². The third-order valence-electron chi connectivity index (χ3n) is 0. The molecule has 0 unspecified atom stereocenters. The van der Waals surface area contributed by atoms with E-state index in [9.17, 15) is 0 Å². The highest BCUT2D eigenvalue weighted by Crippen LogP contribution is 0.558. The number of nitrogens with zero attached hydrogens (tertiary/aromatic N) is 1. The summed E-state index contributed by atoms with van der Waals surface area (Å²) < 4.78 is 0. The molecule has 0 saturated carbocycles. The van der Waals surface area contributed by atoms with Crippen molar-refractivity contribution < 1.29 is 5.16 Å². The zero-order valence-corrected chi connectivity index (χ0v) is 2.06. The van der Waals surface area contributed by atoms with Gasteiger partial charge in [-0.25, -0.2) is 5.16 Å². The van der Waals surface area contributed by atoms with E-state index < -0.39 is 0 Å². The lowest BCUT2D eigenvalue weighted by Gasteiger charge is -1.58. The maximum absolute atomic E-state index is 8.57. The molecule has 0 heterocycles. The fourth-order valence-electron chi connectivity index (χ4n) is 0. The molecule has 0 aromatic heterocycles. The largest absolute Gasteiger partial charge is 0.626 e. The first-order chi connectivity index (χ1) is 1.41. The first-order valence-electron chi connectivity index (χ1n) is 0.558. The van der Waals surface area contributed by atoms with Crippen molar-refractivity contribution in [2.75, 3.05) is 0 Å². The zero-order valence-electron chi connectivity index (χ0n) is 2.06. The average molecular weight is 59.0 g/mol. The van der Waals surface area contributed by atoms with Crippen LogP contribution < -0.4 is 11.3 Å². The molecule has 0 bridgehead atoms. The van der Waals surface area contributed by atoms with Crippen LogP contribution in [0.2, 0.25) is 0 Å². The minimum absolute atomic E-state index is 0. The summed E-state index contributed by atoms with van der Waals surface area (Å²) in [5.41, 5.74) is 0. The minimum atomic E-state index is 0. The lowest BCUT2D eigenvalue weighted by molar-refractivity contribution is -0.361. The summed E-state index contributed by atoms with van der Waals surface area (Å²) in [7, 11) is 0. The van der Waals surface area contributed by atoms with E-state index in [0.717, 1.165) is 0 Å².